The van der Waals surface area contributed by atoms with Crippen LogP contribution in [0.25, 0.3) is 11.6 Å². The van der Waals surface area contributed by atoms with Crippen LogP contribution in [0.5, 0.6) is 0 Å². The third-order valence-corrected chi connectivity index (χ3v) is 5.13. The summed E-state index contributed by atoms with van der Waals surface area (Å²) >= 11 is 2.93. The predicted molar refractivity (Wildman–Crippen MR) is 87.5 cm³/mol. The van der Waals surface area contributed by atoms with E-state index < -0.39 is 0 Å². The van der Waals surface area contributed by atoms with Gasteiger partial charge in [-0.3, -0.25) is 9.36 Å². The zero-order chi connectivity index (χ0) is 15.5. The summed E-state index contributed by atoms with van der Waals surface area (Å²) in [5, 5.41) is 9.09. The molecular formula is C15H15N3O2S2. The quantitative estimate of drug-likeness (QED) is 0.506. The van der Waals surface area contributed by atoms with Crippen LogP contribution in [0.4, 0.5) is 0 Å². The third-order valence-electron chi connectivity index (χ3n) is 3.12. The highest BCUT2D eigenvalue weighted by Crippen LogP contribution is 2.25. The van der Waals surface area contributed by atoms with Crippen LogP contribution in [0.1, 0.15) is 21.5 Å². The second kappa shape index (κ2) is 6.50. The fourth-order valence-corrected chi connectivity index (χ4v) is 3.84. The SMILES string of the molecule is CCn1c(SCC(=O)c2ccc(C)s2)nnc1-c1ccco1. The van der Waals surface area contributed by atoms with Gasteiger partial charge in [0.25, 0.3) is 0 Å². The van der Waals surface area contributed by atoms with Crippen molar-refractivity contribution in [3.63, 3.8) is 0 Å². The van der Waals surface area contributed by atoms with Gasteiger partial charge in [-0.05, 0) is 38.1 Å². The Labute approximate surface area is 136 Å². The number of ketones is 1. The highest BCUT2D eigenvalue weighted by molar-refractivity contribution is 7.99. The molecule has 0 radical (unpaired) electrons. The van der Waals surface area contributed by atoms with Gasteiger partial charge in [-0.1, -0.05) is 11.8 Å². The summed E-state index contributed by atoms with van der Waals surface area (Å²) in [6.45, 7) is 4.74. The van der Waals surface area contributed by atoms with E-state index in [4.69, 9.17) is 4.42 Å². The molecule has 5 nitrogen and oxygen atoms in total. The molecule has 3 heterocycles. The first-order chi connectivity index (χ1) is 10.7. The monoisotopic (exact) mass is 333 g/mol. The second-order valence-electron chi connectivity index (χ2n) is 4.65. The Balaban J connectivity index is 1.74. The van der Waals surface area contributed by atoms with Crippen LogP contribution >= 0.6 is 23.1 Å². The van der Waals surface area contributed by atoms with Crippen molar-refractivity contribution in [1.82, 2.24) is 14.8 Å². The van der Waals surface area contributed by atoms with Crippen LogP contribution in [0.3, 0.4) is 0 Å². The van der Waals surface area contributed by atoms with Gasteiger partial charge in [-0.15, -0.1) is 21.5 Å². The summed E-state index contributed by atoms with van der Waals surface area (Å²) in [4.78, 5) is 14.1. The molecule has 0 saturated carbocycles. The maximum atomic E-state index is 12.2. The van der Waals surface area contributed by atoms with Crippen molar-refractivity contribution < 1.29 is 9.21 Å². The van der Waals surface area contributed by atoms with Gasteiger partial charge >= 0.3 is 0 Å². The second-order valence-corrected chi connectivity index (χ2v) is 6.88. The molecule has 0 N–H and O–H groups in total. The van der Waals surface area contributed by atoms with Crippen LogP contribution in [0, 0.1) is 6.92 Å². The molecule has 0 aliphatic rings. The number of carbonyl (C=O) groups is 1. The number of aryl methyl sites for hydroxylation is 1. The van der Waals surface area contributed by atoms with Gasteiger partial charge in [0.15, 0.2) is 22.5 Å². The van der Waals surface area contributed by atoms with Gasteiger partial charge in [0.1, 0.15) is 0 Å². The molecular weight excluding hydrogens is 318 g/mol. The summed E-state index contributed by atoms with van der Waals surface area (Å²) in [6.07, 6.45) is 1.61. The zero-order valence-corrected chi connectivity index (χ0v) is 13.9. The Kier molecular flexibility index (Phi) is 4.44. The van der Waals surface area contributed by atoms with E-state index in [0.29, 0.717) is 17.3 Å². The molecule has 3 aromatic rings. The number of thiophene rings is 1. The van der Waals surface area contributed by atoms with Gasteiger partial charge < -0.3 is 4.42 Å². The Morgan fingerprint density at radius 1 is 1.36 bits per heavy atom. The molecule has 0 bridgehead atoms. The molecule has 0 aliphatic carbocycles. The van der Waals surface area contributed by atoms with Crippen LogP contribution in [0.15, 0.2) is 40.1 Å². The van der Waals surface area contributed by atoms with Crippen molar-refractivity contribution in [1.29, 1.82) is 0 Å². The Morgan fingerprint density at radius 3 is 2.86 bits per heavy atom. The molecule has 7 heteroatoms. The zero-order valence-electron chi connectivity index (χ0n) is 12.3. The Hall–Kier alpha value is -1.86. The summed E-state index contributed by atoms with van der Waals surface area (Å²) < 4.78 is 7.33. The highest BCUT2D eigenvalue weighted by Gasteiger charge is 2.17. The smallest absolute Gasteiger partial charge is 0.200 e. The number of hydrogen-bond donors (Lipinski definition) is 0. The minimum Gasteiger partial charge on any atom is -0.461 e. The number of aromatic nitrogens is 3. The van der Waals surface area contributed by atoms with E-state index in [-0.39, 0.29) is 5.78 Å². The van der Waals surface area contributed by atoms with Crippen molar-refractivity contribution in [3.05, 3.63) is 40.3 Å². The number of rotatable bonds is 6. The van der Waals surface area contributed by atoms with Crippen molar-refractivity contribution in [2.45, 2.75) is 25.5 Å². The van der Waals surface area contributed by atoms with Gasteiger partial charge in [-0.2, -0.15) is 0 Å². The Bertz CT molecular complexity index is 775. The summed E-state index contributed by atoms with van der Waals surface area (Å²) in [5.41, 5.74) is 0. The number of carbonyl (C=O) groups excluding carboxylic acids is 1. The molecule has 0 aliphatic heterocycles. The third kappa shape index (κ3) is 3.00. The van der Waals surface area contributed by atoms with Gasteiger partial charge in [0, 0.05) is 11.4 Å². The fraction of sp³-hybridized carbons (Fsp3) is 0.267. The first kappa shape index (κ1) is 15.1. The minimum absolute atomic E-state index is 0.119. The van der Waals surface area contributed by atoms with E-state index in [1.54, 1.807) is 6.26 Å². The Morgan fingerprint density at radius 2 is 2.23 bits per heavy atom. The molecule has 0 saturated heterocycles. The minimum atomic E-state index is 0.119. The van der Waals surface area contributed by atoms with Crippen molar-refractivity contribution in [2.24, 2.45) is 0 Å². The summed E-state index contributed by atoms with van der Waals surface area (Å²) in [5.74, 6) is 1.85. The van der Waals surface area contributed by atoms with Gasteiger partial charge in [0.2, 0.25) is 0 Å². The number of Topliss-reactive ketones (excluding diaryl/α,β-unsaturated/α-hetero) is 1. The van der Waals surface area contributed by atoms with Gasteiger partial charge in [-0.25, -0.2) is 0 Å². The maximum absolute atomic E-state index is 12.2. The lowest BCUT2D eigenvalue weighted by Crippen LogP contribution is -2.03. The topological polar surface area (TPSA) is 60.9 Å². The van der Waals surface area contributed by atoms with E-state index in [1.165, 1.54) is 23.1 Å². The number of hydrogen-bond acceptors (Lipinski definition) is 6. The van der Waals surface area contributed by atoms with E-state index in [9.17, 15) is 4.79 Å². The molecule has 0 aromatic carbocycles. The lowest BCUT2D eigenvalue weighted by atomic mass is 10.3. The van der Waals surface area contributed by atoms with Crippen molar-refractivity contribution >= 4 is 28.9 Å². The normalized spacial score (nSPS) is 11.0. The number of thioether (sulfide) groups is 1. The first-order valence-electron chi connectivity index (χ1n) is 6.88. The molecule has 3 rings (SSSR count). The molecule has 0 spiro atoms. The van der Waals surface area contributed by atoms with Crippen molar-refractivity contribution in [2.75, 3.05) is 5.75 Å². The van der Waals surface area contributed by atoms with Crippen LogP contribution in [0.2, 0.25) is 0 Å². The molecule has 0 fully saturated rings. The van der Waals surface area contributed by atoms with Crippen LogP contribution in [-0.2, 0) is 6.54 Å². The van der Waals surface area contributed by atoms with Gasteiger partial charge in [0.05, 0.1) is 16.9 Å². The van der Waals surface area contributed by atoms with E-state index >= 15 is 0 Å². The molecule has 3 aromatic heterocycles. The number of nitrogens with zero attached hydrogens (tertiary/aromatic N) is 3. The molecule has 114 valence electrons. The van der Waals surface area contributed by atoms with Crippen LogP contribution < -0.4 is 0 Å². The molecule has 22 heavy (non-hydrogen) atoms. The molecule has 0 amide bonds. The molecule has 0 atom stereocenters. The number of furan rings is 1. The molecule has 0 unspecified atom stereocenters. The van der Waals surface area contributed by atoms with E-state index in [2.05, 4.69) is 10.2 Å². The van der Waals surface area contributed by atoms with E-state index in [0.717, 1.165) is 21.5 Å². The highest BCUT2D eigenvalue weighted by atomic mass is 32.2. The fourth-order valence-electron chi connectivity index (χ4n) is 2.05. The van der Waals surface area contributed by atoms with Crippen molar-refractivity contribution in [3.8, 4) is 11.6 Å². The predicted octanol–water partition coefficient (Wildman–Crippen LogP) is 3.90. The average Bonchev–Trinajstić information content (AvgIpc) is 3.24. The maximum Gasteiger partial charge on any atom is 0.200 e. The largest absolute Gasteiger partial charge is 0.461 e. The lowest BCUT2D eigenvalue weighted by Gasteiger charge is -2.04. The summed E-state index contributed by atoms with van der Waals surface area (Å²) in [7, 11) is 0. The summed E-state index contributed by atoms with van der Waals surface area (Å²) in [6, 6.07) is 7.51. The average molecular weight is 333 g/mol. The lowest BCUT2D eigenvalue weighted by molar-refractivity contribution is 0.102. The standard InChI is InChI=1S/C15H15N3O2S2/c1-3-18-14(12-5-4-8-20-12)16-17-15(18)21-9-11(19)13-7-6-10(2)22-13/h4-8H,3,9H2,1-2H3. The first-order valence-corrected chi connectivity index (χ1v) is 8.68. The van der Waals surface area contributed by atoms with E-state index in [1.807, 2.05) is 42.7 Å². The van der Waals surface area contributed by atoms with Crippen LogP contribution in [-0.4, -0.2) is 26.3 Å².